The average Bonchev–Trinajstić information content (AvgIpc) is 3.25. The molecule has 0 aliphatic heterocycles. The van der Waals surface area contributed by atoms with E-state index in [1.807, 2.05) is 48.5 Å². The summed E-state index contributed by atoms with van der Waals surface area (Å²) in [4.78, 5) is 15.7. The van der Waals surface area contributed by atoms with Gasteiger partial charge in [0.1, 0.15) is 16.6 Å². The number of nitrogens with two attached hydrogens (primary N) is 3. The summed E-state index contributed by atoms with van der Waals surface area (Å²) in [6.07, 6.45) is 0. The number of thiazole rings is 1. The molecular formula is C26H22F2N4O2S2. The topological polar surface area (TPSA) is 128 Å². The summed E-state index contributed by atoms with van der Waals surface area (Å²) >= 11 is 5.63. The number of thiol groups is 1. The van der Waals surface area contributed by atoms with Crippen LogP contribution in [0.15, 0.2) is 89.8 Å². The molecule has 7 N–H and O–H groups in total. The lowest BCUT2D eigenvalue weighted by molar-refractivity contribution is 0.0698. The van der Waals surface area contributed by atoms with E-state index in [4.69, 9.17) is 22.3 Å². The molecule has 0 atom stereocenters. The number of benzene rings is 4. The van der Waals surface area contributed by atoms with E-state index in [0.717, 1.165) is 49.6 Å². The number of hydrogen-bond acceptors (Lipinski definition) is 7. The third-order valence-electron chi connectivity index (χ3n) is 4.72. The summed E-state index contributed by atoms with van der Waals surface area (Å²) in [7, 11) is 0. The number of hydrogen-bond donors (Lipinski definition) is 5. The number of carboxylic acid groups (broad SMARTS) is 1. The van der Waals surface area contributed by atoms with Gasteiger partial charge < -0.3 is 22.3 Å². The number of rotatable bonds is 2. The smallest absolute Gasteiger partial charge is 0.337 e. The Labute approximate surface area is 215 Å². The molecule has 0 radical (unpaired) electrons. The SMILES string of the molecule is Nc1cc(F)ccc1-c1nc2ccccc2s1.Nc1cc(F)ccc1C(=O)O.Nc1ccccc1S. The van der Waals surface area contributed by atoms with Gasteiger partial charge in [-0.15, -0.1) is 24.0 Å². The van der Waals surface area contributed by atoms with E-state index in [1.54, 1.807) is 17.4 Å². The molecule has 0 saturated carbocycles. The maximum atomic E-state index is 13.0. The van der Waals surface area contributed by atoms with Gasteiger partial charge in [-0.25, -0.2) is 18.6 Å². The normalized spacial score (nSPS) is 10.1. The molecule has 10 heteroatoms. The molecule has 0 aliphatic rings. The van der Waals surface area contributed by atoms with E-state index < -0.39 is 11.8 Å². The Morgan fingerprint density at radius 3 is 1.97 bits per heavy atom. The van der Waals surface area contributed by atoms with Gasteiger partial charge in [0.15, 0.2) is 0 Å². The predicted molar refractivity (Wildman–Crippen MR) is 145 cm³/mol. The van der Waals surface area contributed by atoms with E-state index in [9.17, 15) is 13.6 Å². The zero-order valence-electron chi connectivity index (χ0n) is 18.7. The Morgan fingerprint density at radius 1 is 0.806 bits per heavy atom. The fourth-order valence-corrected chi connectivity index (χ4v) is 4.11. The van der Waals surface area contributed by atoms with Crippen molar-refractivity contribution in [3.05, 3.63) is 102 Å². The van der Waals surface area contributed by atoms with Crippen LogP contribution in [0.5, 0.6) is 0 Å². The van der Waals surface area contributed by atoms with Gasteiger partial charge in [0.2, 0.25) is 0 Å². The molecule has 36 heavy (non-hydrogen) atoms. The molecule has 0 fully saturated rings. The fraction of sp³-hybridized carbons (Fsp3) is 0. The maximum absolute atomic E-state index is 13.0. The average molecular weight is 525 g/mol. The molecule has 4 aromatic carbocycles. The van der Waals surface area contributed by atoms with E-state index in [2.05, 4.69) is 17.6 Å². The summed E-state index contributed by atoms with van der Waals surface area (Å²) in [5.41, 5.74) is 19.2. The van der Waals surface area contributed by atoms with Gasteiger partial charge in [-0.3, -0.25) is 0 Å². The summed E-state index contributed by atoms with van der Waals surface area (Å²) in [5, 5.41) is 9.28. The Bertz CT molecular complexity index is 1450. The first-order valence-corrected chi connectivity index (χ1v) is 11.6. The second kappa shape index (κ2) is 12.0. The lowest BCUT2D eigenvalue weighted by Gasteiger charge is -2.00. The molecule has 5 aromatic rings. The van der Waals surface area contributed by atoms with Crippen LogP contribution >= 0.6 is 24.0 Å². The van der Waals surface area contributed by atoms with Crippen molar-refractivity contribution < 1.29 is 18.7 Å². The van der Waals surface area contributed by atoms with Gasteiger partial charge in [-0.05, 0) is 60.7 Å². The largest absolute Gasteiger partial charge is 0.478 e. The third-order valence-corrected chi connectivity index (χ3v) is 6.20. The van der Waals surface area contributed by atoms with Crippen LogP contribution < -0.4 is 17.2 Å². The second-order valence-corrected chi connectivity index (χ2v) is 8.83. The number of fused-ring (bicyclic) bond motifs is 1. The number of aromatic nitrogens is 1. The van der Waals surface area contributed by atoms with Crippen LogP contribution in [0.3, 0.4) is 0 Å². The lowest BCUT2D eigenvalue weighted by atomic mass is 10.2. The zero-order valence-corrected chi connectivity index (χ0v) is 20.4. The minimum atomic E-state index is -1.15. The molecule has 184 valence electrons. The van der Waals surface area contributed by atoms with Gasteiger partial charge in [0.25, 0.3) is 0 Å². The van der Waals surface area contributed by atoms with Crippen LogP contribution in [0.1, 0.15) is 10.4 Å². The first-order valence-electron chi connectivity index (χ1n) is 10.4. The van der Waals surface area contributed by atoms with Crippen LogP contribution in [-0.2, 0) is 0 Å². The number of para-hydroxylation sites is 2. The van der Waals surface area contributed by atoms with Crippen LogP contribution in [-0.4, -0.2) is 16.1 Å². The van der Waals surface area contributed by atoms with E-state index >= 15 is 0 Å². The number of carbonyl (C=O) groups is 1. The lowest BCUT2D eigenvalue weighted by Crippen LogP contribution is -2.02. The van der Waals surface area contributed by atoms with E-state index in [1.165, 1.54) is 12.1 Å². The van der Waals surface area contributed by atoms with Crippen LogP contribution in [0.2, 0.25) is 0 Å². The Morgan fingerprint density at radius 2 is 1.42 bits per heavy atom. The monoisotopic (exact) mass is 524 g/mol. The third kappa shape index (κ3) is 6.94. The number of nitrogens with zero attached hydrogens (tertiary/aromatic N) is 1. The Balaban J connectivity index is 0.000000164. The molecule has 6 nitrogen and oxygen atoms in total. The number of carboxylic acids is 1. The van der Waals surface area contributed by atoms with Crippen molar-refractivity contribution in [3.63, 3.8) is 0 Å². The van der Waals surface area contributed by atoms with Crippen molar-refractivity contribution in [1.29, 1.82) is 0 Å². The maximum Gasteiger partial charge on any atom is 0.337 e. The van der Waals surface area contributed by atoms with Crippen LogP contribution in [0.25, 0.3) is 20.8 Å². The standard InChI is InChI=1S/C13H9FN2S.C7H6FNO2.C6H7NS/c14-8-5-6-9(10(15)7-8)13-16-11-3-1-2-4-12(11)17-13;8-4-1-2-5(7(10)11)6(9)3-4;7-5-3-1-2-4-6(5)8/h1-7H,15H2;1-3H,9H2,(H,10,11);1-4,8H,7H2. The molecule has 0 aliphatic carbocycles. The molecule has 0 amide bonds. The van der Waals surface area contributed by atoms with E-state index in [-0.39, 0.29) is 17.1 Å². The van der Waals surface area contributed by atoms with E-state index in [0.29, 0.717) is 5.69 Å². The highest BCUT2D eigenvalue weighted by Crippen LogP contribution is 2.33. The van der Waals surface area contributed by atoms with Gasteiger partial charge in [0, 0.05) is 27.5 Å². The number of anilines is 3. The van der Waals surface area contributed by atoms with Crippen LogP contribution in [0, 0.1) is 11.6 Å². The fourth-order valence-electron chi connectivity index (χ4n) is 2.93. The highest BCUT2D eigenvalue weighted by atomic mass is 32.1. The molecule has 0 bridgehead atoms. The quantitative estimate of drug-likeness (QED) is 0.135. The van der Waals surface area contributed by atoms with Crippen molar-refractivity contribution in [2.45, 2.75) is 4.90 Å². The van der Waals surface area contributed by atoms with Crippen LogP contribution in [0.4, 0.5) is 25.8 Å². The second-order valence-electron chi connectivity index (χ2n) is 7.31. The van der Waals surface area contributed by atoms with Crippen molar-refractivity contribution >= 4 is 57.2 Å². The number of nitrogen functional groups attached to an aromatic ring is 3. The van der Waals surface area contributed by atoms with Gasteiger partial charge >= 0.3 is 5.97 Å². The summed E-state index contributed by atoms with van der Waals surface area (Å²) < 4.78 is 26.4. The zero-order chi connectivity index (χ0) is 26.2. The van der Waals surface area contributed by atoms with Gasteiger partial charge in [0.05, 0.1) is 15.8 Å². The van der Waals surface area contributed by atoms with Crippen molar-refractivity contribution in [3.8, 4) is 10.6 Å². The molecule has 1 heterocycles. The Hall–Kier alpha value is -4.15. The van der Waals surface area contributed by atoms with Gasteiger partial charge in [-0.1, -0.05) is 24.3 Å². The van der Waals surface area contributed by atoms with Crippen molar-refractivity contribution in [2.75, 3.05) is 17.2 Å². The molecular weight excluding hydrogens is 502 g/mol. The molecule has 0 unspecified atom stereocenters. The minimum absolute atomic E-state index is 0.0579. The molecule has 0 spiro atoms. The molecule has 0 saturated heterocycles. The minimum Gasteiger partial charge on any atom is -0.478 e. The number of aromatic carboxylic acids is 1. The molecule has 1 aromatic heterocycles. The summed E-state index contributed by atoms with van der Waals surface area (Å²) in [6, 6.07) is 22.9. The summed E-state index contributed by atoms with van der Waals surface area (Å²) in [6.45, 7) is 0. The first kappa shape index (κ1) is 26.5. The van der Waals surface area contributed by atoms with Gasteiger partial charge in [-0.2, -0.15) is 0 Å². The Kier molecular flexibility index (Phi) is 8.82. The highest BCUT2D eigenvalue weighted by molar-refractivity contribution is 7.80. The predicted octanol–water partition coefficient (Wildman–Crippen LogP) is 6.35. The number of halogens is 2. The highest BCUT2D eigenvalue weighted by Gasteiger charge is 2.09. The molecule has 5 rings (SSSR count). The first-order chi connectivity index (χ1) is 17.2. The summed E-state index contributed by atoms with van der Waals surface area (Å²) in [5.74, 6) is -2.01. The van der Waals surface area contributed by atoms with Crippen molar-refractivity contribution in [2.24, 2.45) is 0 Å². The van der Waals surface area contributed by atoms with Crippen molar-refractivity contribution in [1.82, 2.24) is 4.98 Å².